The number of unbranched alkanes of at least 4 members (excludes halogenated alkanes) is 1. The van der Waals surface area contributed by atoms with Gasteiger partial charge in [-0.05, 0) is 62.6 Å². The summed E-state index contributed by atoms with van der Waals surface area (Å²) < 4.78 is 12.2. The van der Waals surface area contributed by atoms with E-state index in [4.69, 9.17) is 9.47 Å². The Morgan fingerprint density at radius 1 is 1.10 bits per heavy atom. The molecule has 6 atom stereocenters. The van der Waals surface area contributed by atoms with Gasteiger partial charge in [-0.15, -0.1) is 13.2 Å². The minimum atomic E-state index is -1.19. The van der Waals surface area contributed by atoms with Crippen molar-refractivity contribution in [3.8, 4) is 0 Å². The molecule has 3 fully saturated rings. The Morgan fingerprint density at radius 3 is 2.50 bits per heavy atom. The molecule has 1 spiro atoms. The van der Waals surface area contributed by atoms with E-state index in [9.17, 15) is 24.3 Å². The number of para-hydroxylation sites is 1. The van der Waals surface area contributed by atoms with E-state index in [1.807, 2.05) is 62.4 Å². The van der Waals surface area contributed by atoms with E-state index in [2.05, 4.69) is 18.5 Å². The smallest absolute Gasteiger partial charge is 0.306 e. The highest BCUT2D eigenvalue weighted by atomic mass is 16.5. The normalized spacial score (nSPS) is 24.6. The Bertz CT molecular complexity index is 1510. The van der Waals surface area contributed by atoms with Gasteiger partial charge in [0.05, 0.1) is 24.0 Å². The topological polar surface area (TPSA) is 125 Å². The Balaban J connectivity index is 1.47. The quantitative estimate of drug-likeness (QED) is 0.156. The van der Waals surface area contributed by atoms with Crippen LogP contribution in [-0.2, 0) is 28.7 Å². The van der Waals surface area contributed by atoms with Gasteiger partial charge in [0.15, 0.2) is 0 Å². The number of carbonyl (C=O) groups excluding carboxylic acids is 4. The maximum Gasteiger partial charge on any atom is 0.306 e. The van der Waals surface area contributed by atoms with Crippen LogP contribution in [0.15, 0.2) is 73.8 Å². The Labute approximate surface area is 282 Å². The summed E-state index contributed by atoms with van der Waals surface area (Å²) >= 11 is 0. The van der Waals surface area contributed by atoms with Crippen molar-refractivity contribution in [2.45, 2.75) is 76.2 Å². The molecule has 3 heterocycles. The van der Waals surface area contributed by atoms with Gasteiger partial charge in [0.2, 0.25) is 11.8 Å². The number of nitrogens with zero attached hydrogens (tertiary/aromatic N) is 2. The highest BCUT2D eigenvalue weighted by Crippen LogP contribution is 2.59. The lowest BCUT2D eigenvalue weighted by atomic mass is 9.70. The molecule has 3 aliphatic heterocycles. The first-order chi connectivity index (χ1) is 23.2. The van der Waals surface area contributed by atoms with Crippen LogP contribution in [0.1, 0.15) is 61.3 Å². The molecule has 10 nitrogen and oxygen atoms in total. The summed E-state index contributed by atoms with van der Waals surface area (Å²) in [5.41, 5.74) is 2.17. The molecule has 3 amide bonds. The minimum Gasteiger partial charge on any atom is -0.463 e. The maximum atomic E-state index is 14.8. The van der Waals surface area contributed by atoms with Crippen LogP contribution in [-0.4, -0.2) is 77.7 Å². The predicted octanol–water partition coefficient (Wildman–Crippen LogP) is 4.34. The molecule has 0 saturated carbocycles. The average molecular weight is 658 g/mol. The van der Waals surface area contributed by atoms with Crippen LogP contribution in [0.4, 0.5) is 5.69 Å². The number of aliphatic hydroxyl groups excluding tert-OH is 1. The highest BCUT2D eigenvalue weighted by molar-refractivity contribution is 6.05. The first-order valence-electron chi connectivity index (χ1n) is 16.9. The number of rotatable bonds is 16. The lowest BCUT2D eigenvalue weighted by molar-refractivity contribution is -0.146. The minimum absolute atomic E-state index is 0.0388. The van der Waals surface area contributed by atoms with Crippen molar-refractivity contribution in [1.82, 2.24) is 10.2 Å². The molecule has 10 heteroatoms. The molecule has 0 aliphatic carbocycles. The van der Waals surface area contributed by atoms with Crippen LogP contribution in [0.25, 0.3) is 0 Å². The summed E-state index contributed by atoms with van der Waals surface area (Å²) in [5.74, 6) is -3.04. The second-order valence-electron chi connectivity index (χ2n) is 13.0. The number of hydrogen-bond donors (Lipinski definition) is 2. The number of esters is 1. The molecule has 2 aromatic rings. The Kier molecular flexibility index (Phi) is 11.2. The highest BCUT2D eigenvalue weighted by Gasteiger charge is 2.74. The number of benzene rings is 2. The van der Waals surface area contributed by atoms with Crippen LogP contribution in [0, 0.1) is 25.7 Å². The molecule has 3 saturated heterocycles. The van der Waals surface area contributed by atoms with Gasteiger partial charge in [-0.25, -0.2) is 0 Å². The zero-order valence-electron chi connectivity index (χ0n) is 27.9. The van der Waals surface area contributed by atoms with E-state index in [1.54, 1.807) is 22.0 Å². The number of carbonyl (C=O) groups is 4. The summed E-state index contributed by atoms with van der Waals surface area (Å²) in [5, 5.41) is 12.6. The van der Waals surface area contributed by atoms with Crippen molar-refractivity contribution in [3.05, 3.63) is 90.5 Å². The van der Waals surface area contributed by atoms with Crippen molar-refractivity contribution in [2.24, 2.45) is 11.8 Å². The van der Waals surface area contributed by atoms with E-state index < -0.39 is 41.6 Å². The molecule has 3 aliphatic rings. The van der Waals surface area contributed by atoms with Crippen LogP contribution in [0.3, 0.4) is 0 Å². The van der Waals surface area contributed by atoms with Crippen LogP contribution >= 0.6 is 0 Å². The van der Waals surface area contributed by atoms with Crippen molar-refractivity contribution < 1.29 is 33.8 Å². The lowest BCUT2D eigenvalue weighted by Gasteiger charge is -2.37. The molecule has 2 N–H and O–H groups in total. The van der Waals surface area contributed by atoms with Gasteiger partial charge < -0.3 is 29.7 Å². The van der Waals surface area contributed by atoms with Crippen molar-refractivity contribution in [2.75, 3.05) is 31.2 Å². The largest absolute Gasteiger partial charge is 0.463 e. The second-order valence-corrected chi connectivity index (χ2v) is 13.0. The van der Waals surface area contributed by atoms with Gasteiger partial charge in [-0.1, -0.05) is 60.7 Å². The van der Waals surface area contributed by atoms with Crippen LogP contribution in [0.5, 0.6) is 0 Å². The van der Waals surface area contributed by atoms with Gasteiger partial charge in [0, 0.05) is 31.8 Å². The maximum absolute atomic E-state index is 14.8. The number of aliphatic hydroxyl groups is 1. The Morgan fingerprint density at radius 2 is 1.83 bits per heavy atom. The third kappa shape index (κ3) is 6.69. The molecule has 5 rings (SSSR count). The van der Waals surface area contributed by atoms with E-state index in [0.29, 0.717) is 32.1 Å². The SMILES string of the molecule is C=CCCC(=O)OC[C@@H](NC(=O)[C@@H]1[C@@H]2CC[C@]3(O2)[C@H](C(=O)N(CC=C)c2c(C)cccc2C)N(CCCCO)C(=O)[C@@H]13)c1ccccc1. The number of amides is 3. The molecule has 0 aromatic heterocycles. The number of anilines is 1. The molecular formula is C38H47N3O7. The molecular weight excluding hydrogens is 610 g/mol. The van der Waals surface area contributed by atoms with Crippen molar-refractivity contribution in [3.63, 3.8) is 0 Å². The fourth-order valence-corrected chi connectivity index (χ4v) is 7.81. The standard InChI is InChI=1S/C38H47N3O7/c1-5-7-18-30(43)47-24-28(27-16-9-8-10-17-27)39-35(44)31-29-19-20-38(48-29)32(31)36(45)41(22-11-12-23-42)34(38)37(46)40(21-6-2)33-25(3)14-13-15-26(33)4/h5-6,8-10,13-17,28-29,31-32,34,42H,1-2,7,11-12,18-24H2,3-4H3,(H,39,44)/t28-,29+,31-,32-,34+,38-/m1/s1. The number of aryl methyl sites for hydroxylation is 2. The van der Waals surface area contributed by atoms with Crippen molar-refractivity contribution >= 4 is 29.4 Å². The van der Waals surface area contributed by atoms with E-state index in [0.717, 1.165) is 22.4 Å². The Hall–Kier alpha value is -4.28. The first kappa shape index (κ1) is 35.0. The fraction of sp³-hybridized carbons (Fsp3) is 0.474. The third-order valence-corrected chi connectivity index (χ3v) is 9.91. The van der Waals surface area contributed by atoms with Gasteiger partial charge in [0.1, 0.15) is 18.2 Å². The predicted molar refractivity (Wildman–Crippen MR) is 182 cm³/mol. The summed E-state index contributed by atoms with van der Waals surface area (Å²) in [7, 11) is 0. The third-order valence-electron chi connectivity index (χ3n) is 9.91. The van der Waals surface area contributed by atoms with Gasteiger partial charge in [0.25, 0.3) is 5.91 Å². The summed E-state index contributed by atoms with van der Waals surface area (Å²) in [6, 6.07) is 13.5. The van der Waals surface area contributed by atoms with Gasteiger partial charge in [-0.2, -0.15) is 0 Å². The number of fused-ring (bicyclic) bond motifs is 1. The van der Waals surface area contributed by atoms with Crippen LogP contribution in [0.2, 0.25) is 0 Å². The van der Waals surface area contributed by atoms with E-state index in [-0.39, 0.29) is 50.4 Å². The average Bonchev–Trinajstić information content (AvgIpc) is 3.72. The molecule has 48 heavy (non-hydrogen) atoms. The number of nitrogens with one attached hydrogen (secondary N) is 1. The molecule has 256 valence electrons. The summed E-state index contributed by atoms with van der Waals surface area (Å²) in [6.45, 7) is 11.8. The van der Waals surface area contributed by atoms with Crippen molar-refractivity contribution in [1.29, 1.82) is 0 Å². The number of likely N-dealkylation sites (tertiary alicyclic amines) is 1. The fourth-order valence-electron chi connectivity index (χ4n) is 7.81. The van der Waals surface area contributed by atoms with Gasteiger partial charge in [-0.3, -0.25) is 19.2 Å². The number of hydrogen-bond acceptors (Lipinski definition) is 7. The lowest BCUT2D eigenvalue weighted by Crippen LogP contribution is -2.57. The number of allylic oxidation sites excluding steroid dienone is 1. The molecule has 0 radical (unpaired) electrons. The molecule has 2 bridgehead atoms. The van der Waals surface area contributed by atoms with E-state index >= 15 is 0 Å². The molecule has 2 aromatic carbocycles. The monoisotopic (exact) mass is 657 g/mol. The summed E-state index contributed by atoms with van der Waals surface area (Å²) in [4.78, 5) is 59.1. The second kappa shape index (κ2) is 15.3. The van der Waals surface area contributed by atoms with Gasteiger partial charge >= 0.3 is 5.97 Å². The van der Waals surface area contributed by atoms with Crippen LogP contribution < -0.4 is 10.2 Å². The number of ether oxygens (including phenoxy) is 2. The zero-order valence-corrected chi connectivity index (χ0v) is 27.9. The molecule has 0 unspecified atom stereocenters. The summed E-state index contributed by atoms with van der Waals surface area (Å²) in [6.07, 6.45) is 5.37. The zero-order chi connectivity index (χ0) is 34.4. The van der Waals surface area contributed by atoms with E-state index in [1.165, 1.54) is 0 Å². The first-order valence-corrected chi connectivity index (χ1v) is 16.9.